The molecule has 0 spiro atoms. The number of rotatable bonds is 7. The van der Waals surface area contributed by atoms with Crippen molar-refractivity contribution in [2.45, 2.75) is 45.6 Å². The van der Waals surface area contributed by atoms with Crippen LogP contribution < -0.4 is 10.2 Å². The quantitative estimate of drug-likeness (QED) is 0.347. The topological polar surface area (TPSA) is 111 Å². The van der Waals surface area contributed by atoms with Crippen molar-refractivity contribution in [3.8, 4) is 11.3 Å². The van der Waals surface area contributed by atoms with Gasteiger partial charge in [0, 0.05) is 37.0 Å². The first kappa shape index (κ1) is 29.3. The molecule has 0 atom stereocenters. The number of amides is 1. The van der Waals surface area contributed by atoms with Crippen LogP contribution in [0.1, 0.15) is 48.4 Å². The molecule has 1 aliphatic rings. The molecule has 214 valence electrons. The average molecular weight is 580 g/mol. The minimum Gasteiger partial charge on any atom is -0.378 e. The number of alkyl halides is 2. The van der Waals surface area contributed by atoms with Crippen molar-refractivity contribution in [2.75, 3.05) is 31.2 Å². The van der Waals surface area contributed by atoms with E-state index in [2.05, 4.69) is 30.4 Å². The number of benzene rings is 1. The van der Waals surface area contributed by atoms with Gasteiger partial charge in [-0.3, -0.25) is 4.79 Å². The highest BCUT2D eigenvalue weighted by Crippen LogP contribution is 2.32. The average Bonchev–Trinajstić information content (AvgIpc) is 3.57. The van der Waals surface area contributed by atoms with Crippen molar-refractivity contribution in [3.05, 3.63) is 59.4 Å². The molecule has 1 aromatic carbocycles. The van der Waals surface area contributed by atoms with Crippen LogP contribution in [-0.4, -0.2) is 63.4 Å². The number of hydrogen-bond donors (Lipinski definition) is 1. The predicted molar refractivity (Wildman–Crippen MR) is 143 cm³/mol. The number of nitrogens with one attached hydrogen (secondary N) is 1. The van der Waals surface area contributed by atoms with Crippen LogP contribution >= 0.6 is 12.4 Å². The van der Waals surface area contributed by atoms with Gasteiger partial charge < -0.3 is 19.5 Å². The van der Waals surface area contributed by atoms with Crippen molar-refractivity contribution < 1.29 is 27.2 Å². The van der Waals surface area contributed by atoms with E-state index < -0.39 is 30.0 Å². The summed E-state index contributed by atoms with van der Waals surface area (Å²) in [5, 5.41) is 10.5. The van der Waals surface area contributed by atoms with Gasteiger partial charge in [0.15, 0.2) is 0 Å². The van der Waals surface area contributed by atoms with E-state index in [0.29, 0.717) is 31.8 Å². The largest absolute Gasteiger partial charge is 0.378 e. The van der Waals surface area contributed by atoms with Gasteiger partial charge in [-0.05, 0) is 23.3 Å². The van der Waals surface area contributed by atoms with Gasteiger partial charge >= 0.3 is 0 Å². The summed E-state index contributed by atoms with van der Waals surface area (Å²) in [6, 6.07) is 4.83. The first-order chi connectivity index (χ1) is 18.6. The van der Waals surface area contributed by atoms with E-state index in [1.165, 1.54) is 18.5 Å². The molecule has 0 radical (unpaired) electrons. The molecule has 5 rings (SSSR count). The number of fused-ring (bicyclic) bond motifs is 1. The second-order valence-electron chi connectivity index (χ2n) is 10.3. The highest BCUT2D eigenvalue weighted by atomic mass is 35.5. The fourth-order valence-electron chi connectivity index (χ4n) is 4.38. The Morgan fingerprint density at radius 2 is 1.95 bits per heavy atom. The van der Waals surface area contributed by atoms with E-state index in [4.69, 9.17) is 9.26 Å². The third-order valence-corrected chi connectivity index (χ3v) is 6.43. The van der Waals surface area contributed by atoms with Crippen molar-refractivity contribution in [2.24, 2.45) is 0 Å². The Bertz CT molecular complexity index is 1500. The van der Waals surface area contributed by atoms with Crippen LogP contribution in [0.5, 0.6) is 0 Å². The lowest BCUT2D eigenvalue weighted by Crippen LogP contribution is -2.35. The number of anilines is 1. The minimum atomic E-state index is -2.80. The number of halogens is 4. The van der Waals surface area contributed by atoms with Gasteiger partial charge in [-0.2, -0.15) is 10.1 Å². The number of carbonyl (C=O) groups is 1. The zero-order valence-corrected chi connectivity index (χ0v) is 23.0. The van der Waals surface area contributed by atoms with E-state index in [-0.39, 0.29) is 53.1 Å². The van der Waals surface area contributed by atoms with E-state index in [9.17, 15) is 13.6 Å². The second kappa shape index (κ2) is 11.8. The van der Waals surface area contributed by atoms with Crippen molar-refractivity contribution >= 4 is 29.5 Å². The summed E-state index contributed by atoms with van der Waals surface area (Å²) in [5.74, 6) is -1.41. The maximum Gasteiger partial charge on any atom is 0.292 e. The zero-order chi connectivity index (χ0) is 27.7. The Balaban J connectivity index is 0.00000370. The summed E-state index contributed by atoms with van der Waals surface area (Å²) in [4.78, 5) is 23.1. The minimum absolute atomic E-state index is 0. The molecular weight excluding hydrogens is 551 g/mol. The van der Waals surface area contributed by atoms with E-state index in [1.807, 2.05) is 33.0 Å². The summed E-state index contributed by atoms with van der Waals surface area (Å²) < 4.78 is 55.0. The van der Waals surface area contributed by atoms with Crippen LogP contribution in [0.15, 0.2) is 35.2 Å². The highest BCUT2D eigenvalue weighted by molar-refractivity contribution is 5.90. The molecular formula is C26H29ClF3N7O3. The van der Waals surface area contributed by atoms with Crippen LogP contribution in [0.3, 0.4) is 0 Å². The Morgan fingerprint density at radius 3 is 2.62 bits per heavy atom. The monoisotopic (exact) mass is 579 g/mol. The molecule has 40 heavy (non-hydrogen) atoms. The SMILES string of the molecule is CC(C)(C)c1nc(C(=O)NCc2ccc(-c3ncnn4cc(N5CCOCC5)cc34)c(F)c2CC(F)F)no1.Cl. The lowest BCUT2D eigenvalue weighted by molar-refractivity contribution is 0.0937. The molecule has 1 fully saturated rings. The molecule has 3 aromatic heterocycles. The maximum atomic E-state index is 15.9. The molecule has 10 nitrogen and oxygen atoms in total. The summed E-state index contributed by atoms with van der Waals surface area (Å²) in [6.45, 7) is 7.95. The summed E-state index contributed by atoms with van der Waals surface area (Å²) >= 11 is 0. The summed E-state index contributed by atoms with van der Waals surface area (Å²) in [5.41, 5.74) is 1.30. The molecule has 1 aliphatic heterocycles. The third-order valence-electron chi connectivity index (χ3n) is 6.43. The summed E-state index contributed by atoms with van der Waals surface area (Å²) in [7, 11) is 0. The van der Waals surface area contributed by atoms with Crippen molar-refractivity contribution in [3.63, 3.8) is 0 Å². The van der Waals surface area contributed by atoms with Crippen LogP contribution in [0, 0.1) is 5.82 Å². The number of carbonyl (C=O) groups excluding carboxylic acids is 1. The molecule has 14 heteroatoms. The Kier molecular flexibility index (Phi) is 8.64. The zero-order valence-electron chi connectivity index (χ0n) is 22.2. The van der Waals surface area contributed by atoms with Gasteiger partial charge in [-0.1, -0.05) is 32.0 Å². The molecule has 4 heterocycles. The number of morpholine rings is 1. The van der Waals surface area contributed by atoms with Gasteiger partial charge in [0.25, 0.3) is 11.7 Å². The Labute approximate surface area is 234 Å². The van der Waals surface area contributed by atoms with Crippen molar-refractivity contribution in [1.29, 1.82) is 0 Å². The van der Waals surface area contributed by atoms with Crippen LogP contribution in [-0.2, 0) is 23.1 Å². The number of aromatic nitrogens is 5. The first-order valence-electron chi connectivity index (χ1n) is 12.5. The van der Waals surface area contributed by atoms with Crippen LogP contribution in [0.2, 0.25) is 0 Å². The number of nitrogens with zero attached hydrogens (tertiary/aromatic N) is 6. The van der Waals surface area contributed by atoms with E-state index in [1.54, 1.807) is 4.52 Å². The number of ether oxygens (including phenoxy) is 1. The molecule has 0 aliphatic carbocycles. The van der Waals surface area contributed by atoms with Gasteiger partial charge in [-0.15, -0.1) is 12.4 Å². The molecule has 1 saturated heterocycles. The lowest BCUT2D eigenvalue weighted by atomic mass is 9.97. The Hall–Kier alpha value is -3.71. The fourth-order valence-corrected chi connectivity index (χ4v) is 4.38. The number of hydrogen-bond acceptors (Lipinski definition) is 8. The molecule has 0 unspecified atom stereocenters. The predicted octanol–water partition coefficient (Wildman–Crippen LogP) is 4.21. The van der Waals surface area contributed by atoms with E-state index >= 15 is 4.39 Å². The van der Waals surface area contributed by atoms with Gasteiger partial charge in [0.05, 0.1) is 30.6 Å². The second-order valence-corrected chi connectivity index (χ2v) is 10.3. The fraction of sp³-hybridized carbons (Fsp3) is 0.423. The molecule has 0 bridgehead atoms. The molecule has 0 saturated carbocycles. The third kappa shape index (κ3) is 6.04. The maximum absolute atomic E-state index is 15.9. The summed E-state index contributed by atoms with van der Waals surface area (Å²) in [6.07, 6.45) is -0.524. The smallest absolute Gasteiger partial charge is 0.292 e. The van der Waals surface area contributed by atoms with Crippen LogP contribution in [0.4, 0.5) is 18.9 Å². The lowest BCUT2D eigenvalue weighted by Gasteiger charge is -2.27. The standard InChI is InChI=1S/C26H28F3N7O3.ClH/c1-26(2,3)25-33-23(34-39-25)24(37)30-12-15-4-5-17(21(29)18(15)11-20(27)28)22-19-10-16(13-36(19)32-14-31-22)35-6-8-38-9-7-35;/h4-5,10,13-14,20H,6-9,11-12H2,1-3H3,(H,30,37);1H. The molecule has 1 amide bonds. The highest BCUT2D eigenvalue weighted by Gasteiger charge is 2.25. The van der Waals surface area contributed by atoms with Gasteiger partial charge in [0.2, 0.25) is 12.3 Å². The molecule has 4 aromatic rings. The van der Waals surface area contributed by atoms with Crippen molar-refractivity contribution in [1.82, 2.24) is 30.1 Å². The molecule has 1 N–H and O–H groups in total. The van der Waals surface area contributed by atoms with Crippen LogP contribution in [0.25, 0.3) is 16.8 Å². The van der Waals surface area contributed by atoms with E-state index in [0.717, 1.165) is 5.69 Å². The first-order valence-corrected chi connectivity index (χ1v) is 12.5. The normalized spacial score (nSPS) is 14.0. The Morgan fingerprint density at radius 1 is 1.20 bits per heavy atom. The van der Waals surface area contributed by atoms with Gasteiger partial charge in [-0.25, -0.2) is 22.7 Å². The van der Waals surface area contributed by atoms with Gasteiger partial charge in [0.1, 0.15) is 17.8 Å².